The van der Waals surface area contributed by atoms with Crippen molar-refractivity contribution < 1.29 is 9.53 Å². The number of hydrogen-bond donors (Lipinski definition) is 1. The highest BCUT2D eigenvalue weighted by Gasteiger charge is 2.31. The van der Waals surface area contributed by atoms with Crippen molar-refractivity contribution in [2.24, 2.45) is 0 Å². The molecule has 0 saturated heterocycles. The molecule has 1 N–H and O–H groups in total. The van der Waals surface area contributed by atoms with Crippen LogP contribution in [0.15, 0.2) is 30.7 Å². The Hall–Kier alpha value is -2.63. The van der Waals surface area contributed by atoms with Crippen LogP contribution in [0.4, 0.5) is 5.69 Å². The van der Waals surface area contributed by atoms with Gasteiger partial charge in [0.15, 0.2) is 0 Å². The molecule has 0 fully saturated rings. The Labute approximate surface area is 141 Å². The lowest BCUT2D eigenvalue weighted by atomic mass is 9.98. The Morgan fingerprint density at radius 3 is 2.79 bits per heavy atom. The zero-order chi connectivity index (χ0) is 17.3. The lowest BCUT2D eigenvalue weighted by Gasteiger charge is -2.36. The molecule has 0 aromatic carbocycles. The molecule has 1 unspecified atom stereocenters. The average Bonchev–Trinajstić information content (AvgIpc) is 2.54. The highest BCUT2D eigenvalue weighted by Crippen LogP contribution is 2.39. The van der Waals surface area contributed by atoms with Crippen LogP contribution in [0.5, 0.6) is 5.88 Å². The number of fused-ring (bicyclic) bond motifs is 3. The van der Waals surface area contributed by atoms with Gasteiger partial charge >= 0.3 is 0 Å². The second-order valence-corrected chi connectivity index (χ2v) is 6.02. The van der Waals surface area contributed by atoms with E-state index in [9.17, 15) is 4.79 Å². The van der Waals surface area contributed by atoms with Crippen molar-refractivity contribution in [3.8, 4) is 17.0 Å². The van der Waals surface area contributed by atoms with E-state index >= 15 is 0 Å². The minimum absolute atomic E-state index is 0.0437. The summed E-state index contributed by atoms with van der Waals surface area (Å²) in [6.07, 6.45) is 4.96. The van der Waals surface area contributed by atoms with Gasteiger partial charge in [-0.25, -0.2) is 4.98 Å². The Kier molecular flexibility index (Phi) is 4.38. The molecule has 1 amide bonds. The van der Waals surface area contributed by atoms with Gasteiger partial charge in [-0.1, -0.05) is 0 Å². The predicted octanol–water partition coefficient (Wildman–Crippen LogP) is 3.16. The number of amides is 1. The summed E-state index contributed by atoms with van der Waals surface area (Å²) < 4.78 is 5.69. The Morgan fingerprint density at radius 2 is 2.08 bits per heavy atom. The fourth-order valence-electron chi connectivity index (χ4n) is 3.14. The number of carbonyl (C=O) groups is 1. The van der Waals surface area contributed by atoms with E-state index in [2.05, 4.69) is 15.3 Å². The molecule has 3 heterocycles. The van der Waals surface area contributed by atoms with Crippen LogP contribution in [-0.2, 0) is 0 Å². The molecule has 0 spiro atoms. The summed E-state index contributed by atoms with van der Waals surface area (Å²) in [6, 6.07) is 3.72. The molecule has 6 heteroatoms. The lowest BCUT2D eigenvalue weighted by molar-refractivity contribution is 0.0650. The van der Waals surface area contributed by atoms with Gasteiger partial charge < -0.3 is 15.0 Å². The molecule has 0 saturated carbocycles. The van der Waals surface area contributed by atoms with Crippen LogP contribution in [0.3, 0.4) is 0 Å². The topological polar surface area (TPSA) is 67.4 Å². The third-order valence-electron chi connectivity index (χ3n) is 4.09. The summed E-state index contributed by atoms with van der Waals surface area (Å²) in [7, 11) is 0. The Bertz CT molecular complexity index is 760. The molecule has 0 bridgehead atoms. The first kappa shape index (κ1) is 16.2. The maximum atomic E-state index is 13.2. The first-order chi connectivity index (χ1) is 11.5. The third kappa shape index (κ3) is 2.68. The molecular weight excluding hydrogens is 304 g/mol. The van der Waals surface area contributed by atoms with Crippen LogP contribution in [0.1, 0.15) is 38.1 Å². The molecule has 24 heavy (non-hydrogen) atoms. The highest BCUT2D eigenvalue weighted by atomic mass is 16.5. The summed E-state index contributed by atoms with van der Waals surface area (Å²) in [5.74, 6) is 0.413. The molecule has 3 rings (SSSR count). The number of rotatable bonds is 3. The smallest absolute Gasteiger partial charge is 0.256 e. The SMILES string of the molecule is CCOc1nccc2c1-c1cnccc1NC(C)N(C(C)C)C2=O. The van der Waals surface area contributed by atoms with Crippen molar-refractivity contribution in [3.05, 3.63) is 36.3 Å². The molecule has 0 aliphatic carbocycles. The number of aromatic nitrogens is 2. The number of nitrogens with one attached hydrogen (secondary N) is 1. The van der Waals surface area contributed by atoms with Gasteiger partial charge in [0.25, 0.3) is 5.91 Å². The predicted molar refractivity (Wildman–Crippen MR) is 93.0 cm³/mol. The molecule has 1 aliphatic heterocycles. The van der Waals surface area contributed by atoms with Gasteiger partial charge in [-0.15, -0.1) is 0 Å². The van der Waals surface area contributed by atoms with E-state index in [0.717, 1.165) is 11.3 Å². The van der Waals surface area contributed by atoms with Crippen molar-refractivity contribution in [2.75, 3.05) is 11.9 Å². The molecule has 0 radical (unpaired) electrons. The van der Waals surface area contributed by atoms with Crippen molar-refractivity contribution >= 4 is 11.6 Å². The zero-order valence-corrected chi connectivity index (χ0v) is 14.4. The lowest BCUT2D eigenvalue weighted by Crippen LogP contribution is -2.48. The fraction of sp³-hybridized carbons (Fsp3) is 0.389. The van der Waals surface area contributed by atoms with Crippen LogP contribution in [-0.4, -0.2) is 39.6 Å². The summed E-state index contributed by atoms with van der Waals surface area (Å²) in [5.41, 5.74) is 3.01. The van der Waals surface area contributed by atoms with Crippen LogP contribution in [0.2, 0.25) is 0 Å². The number of pyridine rings is 2. The summed E-state index contributed by atoms with van der Waals surface area (Å²) >= 11 is 0. The normalized spacial score (nSPS) is 16.8. The molecule has 2 aromatic rings. The van der Waals surface area contributed by atoms with Gasteiger partial charge in [-0.05, 0) is 39.8 Å². The quantitative estimate of drug-likeness (QED) is 0.938. The molecule has 1 aliphatic rings. The number of carbonyl (C=O) groups excluding carboxylic acids is 1. The van der Waals surface area contributed by atoms with Gasteiger partial charge in [0.1, 0.15) is 0 Å². The summed E-state index contributed by atoms with van der Waals surface area (Å²) in [5, 5.41) is 3.42. The molecule has 1 atom stereocenters. The van der Waals surface area contributed by atoms with E-state index < -0.39 is 0 Å². The number of nitrogens with zero attached hydrogens (tertiary/aromatic N) is 3. The number of anilines is 1. The van der Waals surface area contributed by atoms with Gasteiger partial charge in [0.2, 0.25) is 5.88 Å². The maximum Gasteiger partial charge on any atom is 0.256 e. The first-order valence-electron chi connectivity index (χ1n) is 8.20. The Balaban J connectivity index is 2.29. The molecule has 2 aromatic heterocycles. The van der Waals surface area contributed by atoms with Crippen LogP contribution in [0, 0.1) is 0 Å². The van der Waals surface area contributed by atoms with Crippen LogP contribution >= 0.6 is 0 Å². The van der Waals surface area contributed by atoms with E-state index in [0.29, 0.717) is 23.6 Å². The van der Waals surface area contributed by atoms with Crippen molar-refractivity contribution in [3.63, 3.8) is 0 Å². The second kappa shape index (κ2) is 6.47. The number of hydrogen-bond acceptors (Lipinski definition) is 5. The van der Waals surface area contributed by atoms with Crippen molar-refractivity contribution in [2.45, 2.75) is 39.9 Å². The van der Waals surface area contributed by atoms with Crippen molar-refractivity contribution in [1.29, 1.82) is 0 Å². The minimum Gasteiger partial charge on any atom is -0.477 e. The van der Waals surface area contributed by atoms with E-state index in [4.69, 9.17) is 4.74 Å². The van der Waals surface area contributed by atoms with E-state index in [1.807, 2.05) is 38.7 Å². The average molecular weight is 326 g/mol. The third-order valence-corrected chi connectivity index (χ3v) is 4.09. The first-order valence-corrected chi connectivity index (χ1v) is 8.20. The van der Waals surface area contributed by atoms with Crippen molar-refractivity contribution in [1.82, 2.24) is 14.9 Å². The Morgan fingerprint density at radius 1 is 1.29 bits per heavy atom. The van der Waals surface area contributed by atoms with Gasteiger partial charge in [-0.2, -0.15) is 0 Å². The summed E-state index contributed by atoms with van der Waals surface area (Å²) in [4.78, 5) is 23.6. The zero-order valence-electron chi connectivity index (χ0n) is 14.4. The van der Waals surface area contributed by atoms with Crippen LogP contribution < -0.4 is 10.1 Å². The molecule has 6 nitrogen and oxygen atoms in total. The second-order valence-electron chi connectivity index (χ2n) is 6.02. The molecular formula is C18H22N4O2. The standard InChI is InChI=1S/C18H22N4O2/c1-5-24-17-16-13(6-9-20-17)18(23)22(11(2)3)12(4)21-15-7-8-19-10-14(15)16/h6-12,21H,5H2,1-4H3. The summed E-state index contributed by atoms with van der Waals surface area (Å²) in [6.45, 7) is 8.38. The number of ether oxygens (including phenoxy) is 1. The minimum atomic E-state index is -0.143. The monoisotopic (exact) mass is 326 g/mol. The molecule has 126 valence electrons. The van der Waals surface area contributed by atoms with Gasteiger partial charge in [0.05, 0.1) is 23.9 Å². The van der Waals surface area contributed by atoms with E-state index in [1.54, 1.807) is 24.7 Å². The van der Waals surface area contributed by atoms with E-state index in [-0.39, 0.29) is 18.1 Å². The largest absolute Gasteiger partial charge is 0.477 e. The maximum absolute atomic E-state index is 13.2. The van der Waals surface area contributed by atoms with E-state index in [1.165, 1.54) is 0 Å². The van der Waals surface area contributed by atoms with Gasteiger partial charge in [-0.3, -0.25) is 9.78 Å². The fourth-order valence-corrected chi connectivity index (χ4v) is 3.14. The highest BCUT2D eigenvalue weighted by molar-refractivity contribution is 6.04. The van der Waals surface area contributed by atoms with Gasteiger partial charge in [0, 0.05) is 35.9 Å². The van der Waals surface area contributed by atoms with Crippen LogP contribution in [0.25, 0.3) is 11.1 Å².